The van der Waals surface area contributed by atoms with Crippen LogP contribution >= 0.6 is 58.2 Å². The van der Waals surface area contributed by atoms with Gasteiger partial charge in [0.1, 0.15) is 6.04 Å². The van der Waals surface area contributed by atoms with Gasteiger partial charge in [0.15, 0.2) is 0 Å². The van der Waals surface area contributed by atoms with E-state index in [1.54, 1.807) is 41.3 Å². The van der Waals surface area contributed by atoms with Crippen LogP contribution in [0.3, 0.4) is 0 Å². The topological polar surface area (TPSA) is 49.4 Å². The van der Waals surface area contributed by atoms with Crippen molar-refractivity contribution in [2.24, 2.45) is 0 Å². The quantitative estimate of drug-likeness (QED) is 0.246. The van der Waals surface area contributed by atoms with Gasteiger partial charge in [-0.05, 0) is 54.8 Å². The van der Waals surface area contributed by atoms with Crippen molar-refractivity contribution in [3.8, 4) is 0 Å². The van der Waals surface area contributed by atoms with Gasteiger partial charge >= 0.3 is 0 Å². The lowest BCUT2D eigenvalue weighted by Gasteiger charge is -2.32. The first-order chi connectivity index (χ1) is 17.7. The molecule has 1 atom stereocenters. The zero-order valence-corrected chi connectivity index (χ0v) is 24.4. The highest BCUT2D eigenvalue weighted by molar-refractivity contribution is 7.99. The molecule has 0 bridgehead atoms. The van der Waals surface area contributed by atoms with E-state index in [1.807, 2.05) is 44.2 Å². The van der Waals surface area contributed by atoms with Crippen LogP contribution < -0.4 is 5.32 Å². The molecule has 0 saturated carbocycles. The number of hydrogen-bond donors (Lipinski definition) is 1. The molecule has 0 aliphatic rings. The highest BCUT2D eigenvalue weighted by Gasteiger charge is 2.31. The van der Waals surface area contributed by atoms with E-state index in [1.165, 1.54) is 11.8 Å². The van der Waals surface area contributed by atoms with Crippen LogP contribution in [0.4, 0.5) is 0 Å². The molecular weight excluding hydrogens is 570 g/mol. The first-order valence-corrected chi connectivity index (χ1v) is 14.4. The predicted molar refractivity (Wildman–Crippen MR) is 157 cm³/mol. The second-order valence-electron chi connectivity index (χ2n) is 8.82. The number of hydrogen-bond acceptors (Lipinski definition) is 3. The second kappa shape index (κ2) is 14.3. The molecule has 0 aliphatic heterocycles. The summed E-state index contributed by atoms with van der Waals surface area (Å²) in [6, 6.07) is 19.3. The number of nitrogens with one attached hydrogen (secondary N) is 1. The van der Waals surface area contributed by atoms with E-state index in [4.69, 9.17) is 46.4 Å². The summed E-state index contributed by atoms with van der Waals surface area (Å²) in [6.45, 7) is 3.94. The molecule has 0 radical (unpaired) electrons. The third kappa shape index (κ3) is 8.83. The molecule has 2 amide bonds. The number of carbonyl (C=O) groups is 2. The standard InChI is InChI=1S/C28H28Cl4N2O2S/c1-18(2)33-28(36)26(13-19-7-4-3-5-8-19)34(15-20-11-12-21(29)14-25(20)32)27(35)17-37-16-22-23(30)9-6-10-24(22)31/h3-12,14,18,26H,13,15-17H2,1-2H3,(H,33,36)/t26-/m0/s1. The molecule has 3 aromatic carbocycles. The number of nitrogens with zero attached hydrogens (tertiary/aromatic N) is 1. The maximum absolute atomic E-state index is 13.7. The van der Waals surface area contributed by atoms with Crippen molar-refractivity contribution in [3.05, 3.63) is 104 Å². The molecule has 3 aromatic rings. The minimum Gasteiger partial charge on any atom is -0.352 e. The SMILES string of the molecule is CC(C)NC(=O)[C@H](Cc1ccccc1)N(Cc1ccc(Cl)cc1Cl)C(=O)CSCc1c(Cl)cccc1Cl. The summed E-state index contributed by atoms with van der Waals surface area (Å²) in [7, 11) is 0. The van der Waals surface area contributed by atoms with Crippen molar-refractivity contribution in [2.45, 2.75) is 44.6 Å². The molecule has 0 unspecified atom stereocenters. The van der Waals surface area contributed by atoms with Gasteiger partial charge in [0.25, 0.3) is 0 Å². The lowest BCUT2D eigenvalue weighted by Crippen LogP contribution is -2.52. The summed E-state index contributed by atoms with van der Waals surface area (Å²) in [5, 5.41) is 5.01. The Balaban J connectivity index is 1.90. The smallest absolute Gasteiger partial charge is 0.243 e. The summed E-state index contributed by atoms with van der Waals surface area (Å²) in [5.41, 5.74) is 2.42. The van der Waals surface area contributed by atoms with Crippen molar-refractivity contribution in [1.29, 1.82) is 0 Å². The molecule has 0 saturated heterocycles. The molecule has 37 heavy (non-hydrogen) atoms. The molecule has 0 heterocycles. The third-order valence-corrected chi connectivity index (χ3v) is 7.83. The zero-order chi connectivity index (χ0) is 26.9. The lowest BCUT2D eigenvalue weighted by atomic mass is 10.0. The monoisotopic (exact) mass is 596 g/mol. The van der Waals surface area contributed by atoms with Crippen LogP contribution in [-0.2, 0) is 28.3 Å². The van der Waals surface area contributed by atoms with Crippen molar-refractivity contribution in [3.63, 3.8) is 0 Å². The number of benzene rings is 3. The second-order valence-corrected chi connectivity index (χ2v) is 11.5. The highest BCUT2D eigenvalue weighted by atomic mass is 35.5. The van der Waals surface area contributed by atoms with Gasteiger partial charge in [-0.1, -0.05) is 88.9 Å². The molecule has 196 valence electrons. The average Bonchev–Trinajstić information content (AvgIpc) is 2.84. The Hall–Kier alpha value is -1.89. The van der Waals surface area contributed by atoms with Gasteiger partial charge in [-0.25, -0.2) is 0 Å². The number of rotatable bonds is 11. The summed E-state index contributed by atoms with van der Waals surface area (Å²) in [6.07, 6.45) is 0.358. The number of amides is 2. The van der Waals surface area contributed by atoms with Crippen LogP contribution in [-0.4, -0.2) is 34.6 Å². The largest absolute Gasteiger partial charge is 0.352 e. The van der Waals surface area contributed by atoms with Crippen molar-refractivity contribution in [2.75, 3.05) is 5.75 Å². The van der Waals surface area contributed by atoms with Gasteiger partial charge < -0.3 is 10.2 Å². The van der Waals surface area contributed by atoms with Crippen molar-refractivity contribution < 1.29 is 9.59 Å². The summed E-state index contributed by atoms with van der Waals surface area (Å²) >= 11 is 26.6. The van der Waals surface area contributed by atoms with E-state index in [2.05, 4.69) is 5.32 Å². The first kappa shape index (κ1) is 29.7. The molecule has 0 aliphatic carbocycles. The maximum Gasteiger partial charge on any atom is 0.243 e. The minimum absolute atomic E-state index is 0.0846. The van der Waals surface area contributed by atoms with E-state index >= 15 is 0 Å². The van der Waals surface area contributed by atoms with Crippen molar-refractivity contribution >= 4 is 70.0 Å². The average molecular weight is 598 g/mol. The Labute approximate surface area is 242 Å². The summed E-state index contributed by atoms with van der Waals surface area (Å²) < 4.78 is 0. The van der Waals surface area contributed by atoms with Gasteiger partial charge in [0.2, 0.25) is 11.8 Å². The van der Waals surface area contributed by atoms with Crippen LogP contribution in [0.1, 0.15) is 30.5 Å². The van der Waals surface area contributed by atoms with Crippen LogP contribution in [0, 0.1) is 0 Å². The molecule has 1 N–H and O–H groups in total. The normalized spacial score (nSPS) is 11.9. The Morgan fingerprint density at radius 1 is 0.892 bits per heavy atom. The number of carbonyl (C=O) groups excluding carboxylic acids is 2. The zero-order valence-electron chi connectivity index (χ0n) is 20.5. The van der Waals surface area contributed by atoms with Gasteiger partial charge in [0.05, 0.1) is 5.75 Å². The Morgan fingerprint density at radius 2 is 1.57 bits per heavy atom. The minimum atomic E-state index is -0.742. The molecule has 3 rings (SSSR count). The van der Waals surface area contributed by atoms with E-state index in [0.29, 0.717) is 37.8 Å². The van der Waals surface area contributed by atoms with Gasteiger partial charge in [-0.2, -0.15) is 0 Å². The number of halogens is 4. The maximum atomic E-state index is 13.7. The fraction of sp³-hybridized carbons (Fsp3) is 0.286. The molecular formula is C28H28Cl4N2O2S. The molecule has 0 spiro atoms. The lowest BCUT2D eigenvalue weighted by molar-refractivity contribution is -0.139. The summed E-state index contributed by atoms with van der Waals surface area (Å²) in [5.74, 6) is 0.171. The predicted octanol–water partition coefficient (Wildman–Crippen LogP) is 7.70. The Bertz CT molecular complexity index is 1200. The van der Waals surface area contributed by atoms with Crippen LogP contribution in [0.5, 0.6) is 0 Å². The third-order valence-electron chi connectivity index (χ3n) is 5.59. The van der Waals surface area contributed by atoms with Crippen molar-refractivity contribution in [1.82, 2.24) is 10.2 Å². The fourth-order valence-electron chi connectivity index (χ4n) is 3.76. The van der Waals surface area contributed by atoms with Crippen LogP contribution in [0.15, 0.2) is 66.7 Å². The first-order valence-electron chi connectivity index (χ1n) is 11.7. The fourth-order valence-corrected chi connectivity index (χ4v) is 5.88. The highest BCUT2D eigenvalue weighted by Crippen LogP contribution is 2.29. The summed E-state index contributed by atoms with van der Waals surface area (Å²) in [4.78, 5) is 28.7. The molecule has 4 nitrogen and oxygen atoms in total. The Kier molecular flexibility index (Phi) is 11.5. The van der Waals surface area contributed by atoms with Gasteiger partial charge in [-0.3, -0.25) is 9.59 Å². The number of thioether (sulfide) groups is 1. The molecule has 0 fully saturated rings. The molecule has 9 heteroatoms. The van der Waals surface area contributed by atoms with E-state index in [0.717, 1.165) is 11.1 Å². The van der Waals surface area contributed by atoms with E-state index in [-0.39, 0.29) is 30.2 Å². The Morgan fingerprint density at radius 3 is 2.19 bits per heavy atom. The van der Waals surface area contributed by atoms with Crippen LogP contribution in [0.2, 0.25) is 20.1 Å². The van der Waals surface area contributed by atoms with Gasteiger partial charge in [-0.15, -0.1) is 11.8 Å². The molecule has 0 aromatic heterocycles. The van der Waals surface area contributed by atoms with Crippen LogP contribution in [0.25, 0.3) is 0 Å². The van der Waals surface area contributed by atoms with E-state index < -0.39 is 6.04 Å². The van der Waals surface area contributed by atoms with E-state index in [9.17, 15) is 9.59 Å². The van der Waals surface area contributed by atoms with Gasteiger partial charge in [0, 0.05) is 44.9 Å².